The standard InChI is InChI=1S/C53H26B10N2S/c54-46-43(47(55)49(57)50(58)48(46)56)29-24-25-33-36(26-29)44(35-14-9-19-41-45(35)34-13-4-8-18-40(34)66-41)32-12-2-1-11-31(32)42(33)28-22-20-27(21-23-28)30-10-3-6-16-38(30)65-39-17-7-5-15-37(39)64-51(65)52(59,60)53(61,62)63/h1-26H. The van der Waals surface area contributed by atoms with Crippen LogP contribution in [0.2, 0.25) is 5.11 Å². The van der Waals surface area contributed by atoms with Gasteiger partial charge in [-0.2, -0.15) is 0 Å². The summed E-state index contributed by atoms with van der Waals surface area (Å²) in [6, 6.07) is 54.1. The number of hydrogen-bond donors (Lipinski definition) is 0. The minimum absolute atomic E-state index is 0.167. The fourth-order valence-corrected chi connectivity index (χ4v) is 10.7. The second kappa shape index (κ2) is 15.7. The van der Waals surface area contributed by atoms with Crippen molar-refractivity contribution >= 4 is 170 Å². The van der Waals surface area contributed by atoms with Gasteiger partial charge in [0.25, 0.3) is 0 Å². The largest absolute Gasteiger partial charge is 0.296 e. The SMILES string of the molecule is [B]c1c([B])c([B])c(-c2ccc3c(-c4ccc(-c5ccccc5-n5c(C([B])([B])C([B])([B])[B])nc6ccccc65)cc4)c4ccccc4c(-c4cccc5sc6ccccc6c45)c3c2)c([B])c1[B]. The van der Waals surface area contributed by atoms with Crippen LogP contribution in [-0.4, -0.2) is 88.0 Å². The molecule has 0 aliphatic rings. The van der Waals surface area contributed by atoms with Crippen LogP contribution in [0.3, 0.4) is 0 Å². The van der Waals surface area contributed by atoms with E-state index in [4.69, 9.17) is 83.4 Å². The van der Waals surface area contributed by atoms with Gasteiger partial charge in [0.2, 0.25) is 0 Å². The van der Waals surface area contributed by atoms with Crippen LogP contribution in [0, 0.1) is 0 Å². The smallest absolute Gasteiger partial charge is 0.113 e. The van der Waals surface area contributed by atoms with Crippen molar-refractivity contribution in [1.82, 2.24) is 9.55 Å². The normalized spacial score (nSPS) is 12.2. The van der Waals surface area contributed by atoms with Gasteiger partial charge >= 0.3 is 0 Å². The Kier molecular flexibility index (Phi) is 10.1. The zero-order valence-electron chi connectivity index (χ0n) is 35.6. The van der Waals surface area contributed by atoms with Crippen LogP contribution < -0.4 is 27.3 Å². The molecule has 0 atom stereocenters. The van der Waals surface area contributed by atoms with Gasteiger partial charge in [0.15, 0.2) is 0 Å². The van der Waals surface area contributed by atoms with Crippen LogP contribution in [-0.2, 0) is 5.21 Å². The molecule has 66 heavy (non-hydrogen) atoms. The number of hydrogen-bond acceptors (Lipinski definition) is 2. The second-order valence-corrected chi connectivity index (χ2v) is 18.0. The van der Waals surface area contributed by atoms with Gasteiger partial charge in [-0.3, -0.25) is 4.57 Å². The summed E-state index contributed by atoms with van der Waals surface area (Å²) in [6.07, 6.45) is 0. The molecule has 0 amide bonds. The third-order valence-electron chi connectivity index (χ3n) is 13.0. The maximum Gasteiger partial charge on any atom is 0.113 e. The third kappa shape index (κ3) is 6.48. The summed E-state index contributed by atoms with van der Waals surface area (Å²) < 4.78 is 4.30. The van der Waals surface area contributed by atoms with Crippen molar-refractivity contribution < 1.29 is 0 Å². The predicted molar refractivity (Wildman–Crippen MR) is 291 cm³/mol. The van der Waals surface area contributed by atoms with Gasteiger partial charge in [-0.25, -0.2) is 4.98 Å². The molecule has 0 saturated carbocycles. The van der Waals surface area contributed by atoms with Gasteiger partial charge in [0.05, 0.1) is 56.0 Å². The van der Waals surface area contributed by atoms with Crippen molar-refractivity contribution in [2.45, 2.75) is 10.3 Å². The highest BCUT2D eigenvalue weighted by Gasteiger charge is 2.37. The number of benzene rings is 9. The van der Waals surface area contributed by atoms with Gasteiger partial charge < -0.3 is 0 Å². The van der Waals surface area contributed by atoms with Crippen LogP contribution in [0.25, 0.3) is 103 Å². The number of aromatic nitrogens is 2. The number of imidazole rings is 1. The summed E-state index contributed by atoms with van der Waals surface area (Å²) in [5.41, 5.74) is 10.7. The molecule has 284 valence electrons. The molecule has 9 aromatic carbocycles. The van der Waals surface area contributed by atoms with Crippen molar-refractivity contribution in [2.75, 3.05) is 0 Å². The lowest BCUT2D eigenvalue weighted by Crippen LogP contribution is -2.55. The Morgan fingerprint density at radius 3 is 1.70 bits per heavy atom. The molecule has 2 nitrogen and oxygen atoms in total. The van der Waals surface area contributed by atoms with Gasteiger partial charge in [0, 0.05) is 25.7 Å². The molecule has 0 aliphatic carbocycles. The summed E-state index contributed by atoms with van der Waals surface area (Å²) in [6.45, 7) is 0. The highest BCUT2D eigenvalue weighted by Crippen LogP contribution is 2.49. The first-order valence-electron chi connectivity index (χ1n) is 21.3. The van der Waals surface area contributed by atoms with Crippen molar-refractivity contribution in [2.24, 2.45) is 0 Å². The highest BCUT2D eigenvalue weighted by atomic mass is 32.1. The van der Waals surface area contributed by atoms with Crippen LogP contribution in [0.15, 0.2) is 158 Å². The second-order valence-electron chi connectivity index (χ2n) is 16.9. The van der Waals surface area contributed by atoms with E-state index in [9.17, 15) is 0 Å². The Labute approximate surface area is 401 Å². The summed E-state index contributed by atoms with van der Waals surface area (Å²) in [5, 5.41) is 2.66. The zero-order valence-corrected chi connectivity index (χ0v) is 36.4. The van der Waals surface area contributed by atoms with Crippen molar-refractivity contribution in [3.8, 4) is 50.2 Å². The Morgan fingerprint density at radius 2 is 0.970 bits per heavy atom. The van der Waals surface area contributed by atoms with E-state index in [1.807, 2.05) is 59.2 Å². The fraction of sp³-hybridized carbons (Fsp3) is 0.0377. The summed E-state index contributed by atoms with van der Waals surface area (Å²) in [4.78, 5) is 4.82. The molecule has 0 aliphatic heterocycles. The molecule has 2 aromatic heterocycles. The molecule has 13 heteroatoms. The molecule has 2 heterocycles. The first kappa shape index (κ1) is 42.5. The molecule has 11 rings (SSSR count). The summed E-state index contributed by atoms with van der Waals surface area (Å²) >= 11 is 1.79. The lowest BCUT2D eigenvalue weighted by atomic mass is 9.23. The van der Waals surface area contributed by atoms with E-state index in [0.717, 1.165) is 71.7 Å². The molecule has 0 unspecified atom stereocenters. The Hall–Kier alpha value is -6.16. The predicted octanol–water partition coefficient (Wildman–Crippen LogP) is 6.41. The van der Waals surface area contributed by atoms with E-state index in [1.165, 1.54) is 20.2 Å². The maximum atomic E-state index is 6.72. The first-order chi connectivity index (χ1) is 31.7. The number of para-hydroxylation sites is 3. The van der Waals surface area contributed by atoms with E-state index < -0.39 is 10.3 Å². The van der Waals surface area contributed by atoms with Crippen LogP contribution in [0.4, 0.5) is 0 Å². The number of nitrogens with zero attached hydrogens (tertiary/aromatic N) is 2. The van der Waals surface area contributed by atoms with E-state index in [0.29, 0.717) is 11.1 Å². The lowest BCUT2D eigenvalue weighted by molar-refractivity contribution is 0.757. The Bertz CT molecular complexity index is 3770. The van der Waals surface area contributed by atoms with Crippen molar-refractivity contribution in [3.05, 3.63) is 164 Å². The Morgan fingerprint density at radius 1 is 0.424 bits per heavy atom. The van der Waals surface area contributed by atoms with E-state index in [1.54, 1.807) is 11.3 Å². The van der Waals surface area contributed by atoms with Crippen LogP contribution in [0.1, 0.15) is 5.82 Å². The molecular formula is C53H26B10N2S. The average molecular weight is 831 g/mol. The summed E-state index contributed by atoms with van der Waals surface area (Å²) in [7, 11) is 64.5. The fourth-order valence-electron chi connectivity index (χ4n) is 9.55. The quantitative estimate of drug-likeness (QED) is 0.134. The number of thiophene rings is 1. The molecule has 0 spiro atoms. The van der Waals surface area contributed by atoms with Crippen molar-refractivity contribution in [3.63, 3.8) is 0 Å². The van der Waals surface area contributed by atoms with Gasteiger partial charge in [0.1, 0.15) is 45.1 Å². The van der Waals surface area contributed by atoms with E-state index >= 15 is 0 Å². The van der Waals surface area contributed by atoms with Crippen molar-refractivity contribution in [1.29, 1.82) is 0 Å². The van der Waals surface area contributed by atoms with Gasteiger partial charge in [-0.05, 0) is 96.9 Å². The maximum absolute atomic E-state index is 6.72. The van der Waals surface area contributed by atoms with Gasteiger partial charge in [-0.15, -0.1) is 32.8 Å². The minimum Gasteiger partial charge on any atom is -0.296 e. The molecular weight excluding hydrogens is 805 g/mol. The molecule has 20 radical (unpaired) electrons. The average Bonchev–Trinajstić information content (AvgIpc) is 3.92. The lowest BCUT2D eigenvalue weighted by Gasteiger charge is -2.41. The van der Waals surface area contributed by atoms with E-state index in [2.05, 4.69) is 103 Å². The van der Waals surface area contributed by atoms with E-state index in [-0.39, 0.29) is 33.1 Å². The molecule has 0 bridgehead atoms. The summed E-state index contributed by atoms with van der Waals surface area (Å²) in [5.74, 6) is 0.219. The highest BCUT2D eigenvalue weighted by molar-refractivity contribution is 7.26. The van der Waals surface area contributed by atoms with Gasteiger partial charge in [-0.1, -0.05) is 137 Å². The number of rotatable bonds is 7. The topological polar surface area (TPSA) is 17.8 Å². The Balaban J connectivity index is 1.16. The zero-order chi connectivity index (χ0) is 45.8. The molecule has 0 N–H and O–H groups in total. The third-order valence-corrected chi connectivity index (χ3v) is 14.1. The molecule has 0 fully saturated rings. The molecule has 0 saturated heterocycles. The number of fused-ring (bicyclic) bond motifs is 6. The van der Waals surface area contributed by atoms with Crippen LogP contribution >= 0.6 is 11.3 Å². The monoisotopic (exact) mass is 832 g/mol. The molecule has 11 aromatic rings. The first-order valence-corrected chi connectivity index (χ1v) is 22.1. The van der Waals surface area contributed by atoms with Crippen LogP contribution in [0.5, 0.6) is 0 Å². The minimum atomic E-state index is -2.00.